The second-order valence-electron chi connectivity index (χ2n) is 3.63. The molecule has 0 spiro atoms. The Kier molecular flexibility index (Phi) is 2.73. The largest absolute Gasteiger partial charge is 0.369 e. The lowest BCUT2D eigenvalue weighted by Gasteiger charge is -2.14. The van der Waals surface area contributed by atoms with E-state index in [0.29, 0.717) is 11.4 Å². The van der Waals surface area contributed by atoms with Gasteiger partial charge in [-0.25, -0.2) is 0 Å². The van der Waals surface area contributed by atoms with Crippen LogP contribution in [0.25, 0.3) is 0 Å². The molecular weight excluding hydrogens is 212 g/mol. The fraction of sp³-hybridized carbons (Fsp3) is 0.400. The maximum Gasteiger partial charge on any atom is 0.222 e. The highest BCUT2D eigenvalue weighted by molar-refractivity contribution is 7.17. The molecular formula is C10H12N2O2S. The fourth-order valence-corrected chi connectivity index (χ4v) is 2.62. The summed E-state index contributed by atoms with van der Waals surface area (Å²) in [6.07, 6.45) is 1.65. The quantitative estimate of drug-likeness (QED) is 0.775. The first-order valence-electron chi connectivity index (χ1n) is 4.80. The van der Waals surface area contributed by atoms with Crippen molar-refractivity contribution in [3.8, 4) is 0 Å². The number of carbonyl (C=O) groups is 2. The first-order chi connectivity index (χ1) is 7.20. The van der Waals surface area contributed by atoms with Gasteiger partial charge in [0.05, 0.1) is 15.8 Å². The molecule has 0 bridgehead atoms. The third kappa shape index (κ3) is 2.02. The second-order valence-corrected chi connectivity index (χ2v) is 4.72. The summed E-state index contributed by atoms with van der Waals surface area (Å²) in [5.41, 5.74) is 5.25. The predicted octanol–water partition coefficient (Wildman–Crippen LogP) is 0.872. The van der Waals surface area contributed by atoms with Gasteiger partial charge in [-0.1, -0.05) is 0 Å². The molecule has 0 radical (unpaired) electrons. The Morgan fingerprint density at radius 1 is 1.60 bits per heavy atom. The number of hydrogen-bond acceptors (Lipinski definition) is 4. The van der Waals surface area contributed by atoms with Crippen LogP contribution in [0.4, 0.5) is 5.00 Å². The number of primary amides is 1. The van der Waals surface area contributed by atoms with Crippen molar-refractivity contribution in [2.75, 3.05) is 18.0 Å². The summed E-state index contributed by atoms with van der Waals surface area (Å²) in [6.45, 7) is 1.51. The number of rotatable bonds is 3. The van der Waals surface area contributed by atoms with Crippen LogP contribution < -0.4 is 10.6 Å². The first kappa shape index (κ1) is 10.2. The van der Waals surface area contributed by atoms with Crippen molar-refractivity contribution in [2.24, 2.45) is 11.7 Å². The molecule has 1 atom stereocenters. The van der Waals surface area contributed by atoms with Crippen LogP contribution >= 0.6 is 11.3 Å². The number of aldehydes is 1. The summed E-state index contributed by atoms with van der Waals surface area (Å²) in [7, 11) is 0. The van der Waals surface area contributed by atoms with E-state index in [1.807, 2.05) is 6.07 Å². The molecule has 1 saturated heterocycles. The Morgan fingerprint density at radius 3 is 2.93 bits per heavy atom. The summed E-state index contributed by atoms with van der Waals surface area (Å²) in [5, 5.41) is 1.04. The molecule has 1 aromatic heterocycles. The SMILES string of the molecule is NC(=O)C1CCN(c2ccc(C=O)s2)C1. The van der Waals surface area contributed by atoms with Gasteiger partial charge in [-0.15, -0.1) is 11.3 Å². The van der Waals surface area contributed by atoms with Crippen molar-refractivity contribution in [1.29, 1.82) is 0 Å². The molecule has 15 heavy (non-hydrogen) atoms. The summed E-state index contributed by atoms with van der Waals surface area (Å²) in [5.74, 6) is -0.281. The average Bonchev–Trinajstić information content (AvgIpc) is 2.86. The summed E-state index contributed by atoms with van der Waals surface area (Å²) in [6, 6.07) is 3.71. The number of amides is 1. The second kappa shape index (κ2) is 4.02. The average molecular weight is 224 g/mol. The summed E-state index contributed by atoms with van der Waals surface area (Å²) in [4.78, 5) is 24.3. The van der Waals surface area contributed by atoms with E-state index in [2.05, 4.69) is 4.90 Å². The van der Waals surface area contributed by atoms with Crippen molar-refractivity contribution < 1.29 is 9.59 Å². The van der Waals surface area contributed by atoms with Crippen LogP contribution in [0.15, 0.2) is 12.1 Å². The van der Waals surface area contributed by atoms with Crippen molar-refractivity contribution >= 4 is 28.5 Å². The zero-order valence-electron chi connectivity index (χ0n) is 8.18. The Morgan fingerprint density at radius 2 is 2.40 bits per heavy atom. The zero-order valence-corrected chi connectivity index (χ0v) is 9.00. The van der Waals surface area contributed by atoms with Crippen molar-refractivity contribution in [2.45, 2.75) is 6.42 Å². The van der Waals surface area contributed by atoms with Gasteiger partial charge < -0.3 is 10.6 Å². The normalized spacial score (nSPS) is 20.5. The van der Waals surface area contributed by atoms with Crippen LogP contribution in [0, 0.1) is 5.92 Å². The van der Waals surface area contributed by atoms with Crippen LogP contribution in [0.3, 0.4) is 0 Å². The Labute approximate surface area is 91.7 Å². The summed E-state index contributed by atoms with van der Waals surface area (Å²) >= 11 is 1.45. The van der Waals surface area contributed by atoms with E-state index in [4.69, 9.17) is 5.73 Å². The van der Waals surface area contributed by atoms with Gasteiger partial charge in [0.1, 0.15) is 0 Å². The molecule has 1 fully saturated rings. The lowest BCUT2D eigenvalue weighted by Crippen LogP contribution is -2.26. The standard InChI is InChI=1S/C10H12N2O2S/c11-10(14)7-3-4-12(5-7)9-2-1-8(6-13)15-9/h1-2,6-7H,3-5H2,(H2,11,14). The number of carbonyl (C=O) groups excluding carboxylic acids is 2. The van der Waals surface area contributed by atoms with Gasteiger partial charge in [-0.05, 0) is 18.6 Å². The topological polar surface area (TPSA) is 63.4 Å². The number of nitrogens with two attached hydrogens (primary N) is 1. The van der Waals surface area contributed by atoms with E-state index < -0.39 is 0 Å². The molecule has 0 saturated carbocycles. The van der Waals surface area contributed by atoms with Crippen LogP contribution in [0.1, 0.15) is 16.1 Å². The van der Waals surface area contributed by atoms with Gasteiger partial charge in [0.2, 0.25) is 5.91 Å². The molecule has 0 aliphatic carbocycles. The monoisotopic (exact) mass is 224 g/mol. The summed E-state index contributed by atoms with van der Waals surface area (Å²) < 4.78 is 0. The van der Waals surface area contributed by atoms with Gasteiger partial charge in [0, 0.05) is 13.1 Å². The maximum absolute atomic E-state index is 11.0. The predicted molar refractivity (Wildman–Crippen MR) is 59.2 cm³/mol. The van der Waals surface area contributed by atoms with Gasteiger partial charge in [0.25, 0.3) is 0 Å². The molecule has 1 aliphatic heterocycles. The molecule has 2 heterocycles. The number of hydrogen-bond donors (Lipinski definition) is 1. The van der Waals surface area contributed by atoms with Gasteiger partial charge >= 0.3 is 0 Å². The molecule has 0 aromatic carbocycles. The molecule has 2 rings (SSSR count). The Balaban J connectivity index is 2.07. The molecule has 2 N–H and O–H groups in total. The molecule has 1 amide bonds. The first-order valence-corrected chi connectivity index (χ1v) is 5.61. The third-order valence-corrected chi connectivity index (χ3v) is 3.70. The van der Waals surface area contributed by atoms with E-state index in [9.17, 15) is 9.59 Å². The maximum atomic E-state index is 11.0. The highest BCUT2D eigenvalue weighted by Crippen LogP contribution is 2.29. The minimum atomic E-state index is -0.232. The van der Waals surface area contributed by atoms with Crippen molar-refractivity contribution in [3.05, 3.63) is 17.0 Å². The van der Waals surface area contributed by atoms with Crippen LogP contribution in [-0.2, 0) is 4.79 Å². The molecule has 1 aromatic rings. The molecule has 5 heteroatoms. The molecule has 80 valence electrons. The highest BCUT2D eigenvalue weighted by Gasteiger charge is 2.27. The number of anilines is 1. The van der Waals surface area contributed by atoms with Crippen molar-refractivity contribution in [1.82, 2.24) is 0 Å². The minimum absolute atomic E-state index is 0.0493. The molecule has 1 unspecified atom stereocenters. The van der Waals surface area contributed by atoms with E-state index >= 15 is 0 Å². The molecule has 1 aliphatic rings. The fourth-order valence-electron chi connectivity index (χ4n) is 1.77. The van der Waals surface area contributed by atoms with Gasteiger partial charge in [-0.3, -0.25) is 9.59 Å². The van der Waals surface area contributed by atoms with Crippen LogP contribution in [0.5, 0.6) is 0 Å². The number of nitrogens with zero attached hydrogens (tertiary/aromatic N) is 1. The van der Waals surface area contributed by atoms with E-state index in [1.165, 1.54) is 11.3 Å². The van der Waals surface area contributed by atoms with Crippen molar-refractivity contribution in [3.63, 3.8) is 0 Å². The van der Waals surface area contributed by atoms with E-state index in [0.717, 1.165) is 24.3 Å². The lowest BCUT2D eigenvalue weighted by atomic mass is 10.1. The van der Waals surface area contributed by atoms with Gasteiger partial charge in [0.15, 0.2) is 6.29 Å². The minimum Gasteiger partial charge on any atom is -0.369 e. The Hall–Kier alpha value is -1.36. The highest BCUT2D eigenvalue weighted by atomic mass is 32.1. The van der Waals surface area contributed by atoms with Crippen LogP contribution in [-0.4, -0.2) is 25.3 Å². The molecule has 4 nitrogen and oxygen atoms in total. The Bertz CT molecular complexity index is 389. The smallest absolute Gasteiger partial charge is 0.222 e. The van der Waals surface area contributed by atoms with E-state index in [1.54, 1.807) is 6.07 Å². The number of thiophene rings is 1. The lowest BCUT2D eigenvalue weighted by molar-refractivity contribution is -0.121. The van der Waals surface area contributed by atoms with E-state index in [-0.39, 0.29) is 11.8 Å². The van der Waals surface area contributed by atoms with Gasteiger partial charge in [-0.2, -0.15) is 0 Å². The zero-order chi connectivity index (χ0) is 10.8. The third-order valence-electron chi connectivity index (χ3n) is 2.63. The van der Waals surface area contributed by atoms with Crippen LogP contribution in [0.2, 0.25) is 0 Å².